The minimum absolute atomic E-state index is 0.0512. The first-order chi connectivity index (χ1) is 10.1. The molecule has 1 heterocycles. The third-order valence-corrected chi connectivity index (χ3v) is 3.18. The Balaban J connectivity index is 1.91. The van der Waals surface area contributed by atoms with Crippen LogP contribution in [-0.4, -0.2) is 45.3 Å². The molecule has 0 fully saturated rings. The number of carbonyl (C=O) groups excluding carboxylic acids is 1. The van der Waals surface area contributed by atoms with Gasteiger partial charge in [0.25, 0.3) is 0 Å². The van der Waals surface area contributed by atoms with E-state index in [-0.39, 0.29) is 17.9 Å². The average molecular weight is 287 g/mol. The van der Waals surface area contributed by atoms with Crippen molar-refractivity contribution < 1.29 is 14.7 Å². The van der Waals surface area contributed by atoms with E-state index in [2.05, 4.69) is 5.10 Å². The zero-order chi connectivity index (χ0) is 15.2. The summed E-state index contributed by atoms with van der Waals surface area (Å²) in [5, 5.41) is 13.0. The standard InChI is InChI=1S/C15H17N3O3/c1-17(8-9-18-7-3-6-16-18)14(19)11-12-4-2-5-13(10-12)15(20)21/h2-7,10H,8-9,11H2,1H3,(H,20,21). The second-order valence-electron chi connectivity index (χ2n) is 4.77. The van der Waals surface area contributed by atoms with Crippen molar-refractivity contribution >= 4 is 11.9 Å². The third-order valence-electron chi connectivity index (χ3n) is 3.18. The summed E-state index contributed by atoms with van der Waals surface area (Å²) >= 11 is 0. The van der Waals surface area contributed by atoms with Crippen molar-refractivity contribution in [2.24, 2.45) is 0 Å². The monoisotopic (exact) mass is 287 g/mol. The molecule has 0 atom stereocenters. The van der Waals surface area contributed by atoms with Crippen LogP contribution in [0.15, 0.2) is 42.7 Å². The molecular formula is C15H17N3O3. The summed E-state index contributed by atoms with van der Waals surface area (Å²) in [6.45, 7) is 1.18. The highest BCUT2D eigenvalue weighted by Gasteiger charge is 2.11. The smallest absolute Gasteiger partial charge is 0.335 e. The number of carboxylic acid groups (broad SMARTS) is 1. The van der Waals surface area contributed by atoms with Crippen LogP contribution in [0.5, 0.6) is 0 Å². The maximum Gasteiger partial charge on any atom is 0.335 e. The minimum atomic E-state index is -0.990. The lowest BCUT2D eigenvalue weighted by Crippen LogP contribution is -2.31. The summed E-state index contributed by atoms with van der Waals surface area (Å²) in [5.74, 6) is -1.04. The number of hydrogen-bond acceptors (Lipinski definition) is 3. The quantitative estimate of drug-likeness (QED) is 0.868. The van der Waals surface area contributed by atoms with Gasteiger partial charge in [0.05, 0.1) is 18.5 Å². The SMILES string of the molecule is CN(CCn1cccn1)C(=O)Cc1cccc(C(=O)O)c1. The Labute approximate surface area is 122 Å². The number of aromatic nitrogens is 2. The summed E-state index contributed by atoms with van der Waals surface area (Å²) in [6.07, 6.45) is 3.73. The van der Waals surface area contributed by atoms with Gasteiger partial charge in [0, 0.05) is 26.0 Å². The molecule has 2 rings (SSSR count). The molecule has 0 aliphatic rings. The largest absolute Gasteiger partial charge is 0.478 e. The molecule has 6 nitrogen and oxygen atoms in total. The number of likely N-dealkylation sites (N-methyl/N-ethyl adjacent to an activating group) is 1. The number of aromatic carboxylic acids is 1. The van der Waals surface area contributed by atoms with Crippen LogP contribution in [0.2, 0.25) is 0 Å². The van der Waals surface area contributed by atoms with E-state index in [1.807, 2.05) is 12.3 Å². The lowest BCUT2D eigenvalue weighted by molar-refractivity contribution is -0.129. The van der Waals surface area contributed by atoms with E-state index in [4.69, 9.17) is 5.11 Å². The number of carbonyl (C=O) groups is 2. The number of nitrogens with zero attached hydrogens (tertiary/aromatic N) is 3. The van der Waals surface area contributed by atoms with E-state index in [0.717, 1.165) is 0 Å². The lowest BCUT2D eigenvalue weighted by atomic mass is 10.1. The van der Waals surface area contributed by atoms with Crippen molar-refractivity contribution in [3.63, 3.8) is 0 Å². The van der Waals surface area contributed by atoms with Crippen LogP contribution in [-0.2, 0) is 17.8 Å². The maximum atomic E-state index is 12.1. The zero-order valence-corrected chi connectivity index (χ0v) is 11.8. The van der Waals surface area contributed by atoms with Gasteiger partial charge in [-0.2, -0.15) is 5.10 Å². The molecule has 0 unspecified atom stereocenters. The highest BCUT2D eigenvalue weighted by atomic mass is 16.4. The topological polar surface area (TPSA) is 75.4 Å². The van der Waals surface area contributed by atoms with Crippen molar-refractivity contribution in [1.82, 2.24) is 14.7 Å². The number of carboxylic acids is 1. The molecule has 1 amide bonds. The van der Waals surface area contributed by atoms with Gasteiger partial charge in [0.1, 0.15) is 0 Å². The van der Waals surface area contributed by atoms with Gasteiger partial charge in [-0.25, -0.2) is 4.79 Å². The fourth-order valence-corrected chi connectivity index (χ4v) is 1.93. The fraction of sp³-hybridized carbons (Fsp3) is 0.267. The molecule has 0 aliphatic heterocycles. The van der Waals surface area contributed by atoms with Crippen molar-refractivity contribution in [2.75, 3.05) is 13.6 Å². The molecule has 1 N–H and O–H groups in total. The van der Waals surface area contributed by atoms with Gasteiger partial charge in [0.2, 0.25) is 5.91 Å². The van der Waals surface area contributed by atoms with Gasteiger partial charge in [-0.3, -0.25) is 9.48 Å². The van der Waals surface area contributed by atoms with Crippen LogP contribution < -0.4 is 0 Å². The Morgan fingerprint density at radius 2 is 2.14 bits per heavy atom. The second kappa shape index (κ2) is 6.69. The normalized spacial score (nSPS) is 10.3. The van der Waals surface area contributed by atoms with Gasteiger partial charge in [0.15, 0.2) is 0 Å². The Hall–Kier alpha value is -2.63. The van der Waals surface area contributed by atoms with Crippen molar-refractivity contribution in [1.29, 1.82) is 0 Å². The zero-order valence-electron chi connectivity index (χ0n) is 11.8. The highest BCUT2D eigenvalue weighted by molar-refractivity contribution is 5.88. The van der Waals surface area contributed by atoms with Gasteiger partial charge in [-0.05, 0) is 23.8 Å². The van der Waals surface area contributed by atoms with Crippen LogP contribution >= 0.6 is 0 Å². The highest BCUT2D eigenvalue weighted by Crippen LogP contribution is 2.07. The van der Waals surface area contributed by atoms with Crippen molar-refractivity contribution in [3.05, 3.63) is 53.9 Å². The first-order valence-corrected chi connectivity index (χ1v) is 6.60. The van der Waals surface area contributed by atoms with Crippen LogP contribution in [0.3, 0.4) is 0 Å². The van der Waals surface area contributed by atoms with E-state index >= 15 is 0 Å². The molecular weight excluding hydrogens is 270 g/mol. The molecule has 0 saturated carbocycles. The van der Waals surface area contributed by atoms with Gasteiger partial charge < -0.3 is 10.0 Å². The third kappa shape index (κ3) is 4.17. The van der Waals surface area contributed by atoms with E-state index in [1.54, 1.807) is 35.0 Å². The number of rotatable bonds is 6. The molecule has 1 aromatic heterocycles. The predicted molar refractivity (Wildman–Crippen MR) is 77.0 cm³/mol. The van der Waals surface area contributed by atoms with Crippen molar-refractivity contribution in [2.45, 2.75) is 13.0 Å². The number of amides is 1. The Bertz CT molecular complexity index is 623. The molecule has 0 saturated heterocycles. The molecule has 21 heavy (non-hydrogen) atoms. The first kappa shape index (κ1) is 14.8. The Kier molecular flexibility index (Phi) is 4.71. The molecule has 0 spiro atoms. The van der Waals surface area contributed by atoms with Crippen LogP contribution in [0.25, 0.3) is 0 Å². The van der Waals surface area contributed by atoms with E-state index in [1.165, 1.54) is 12.1 Å². The Morgan fingerprint density at radius 1 is 1.33 bits per heavy atom. The summed E-state index contributed by atoms with van der Waals surface area (Å²) in [5.41, 5.74) is 0.894. The molecule has 2 aromatic rings. The molecule has 6 heteroatoms. The summed E-state index contributed by atoms with van der Waals surface area (Å²) in [7, 11) is 1.73. The molecule has 0 bridgehead atoms. The van der Waals surface area contributed by atoms with Gasteiger partial charge in [-0.1, -0.05) is 12.1 Å². The van der Waals surface area contributed by atoms with Crippen LogP contribution in [0, 0.1) is 0 Å². The van der Waals surface area contributed by atoms with E-state index < -0.39 is 5.97 Å². The molecule has 0 radical (unpaired) electrons. The van der Waals surface area contributed by atoms with E-state index in [0.29, 0.717) is 18.7 Å². The van der Waals surface area contributed by atoms with E-state index in [9.17, 15) is 9.59 Å². The van der Waals surface area contributed by atoms with Gasteiger partial charge in [-0.15, -0.1) is 0 Å². The average Bonchev–Trinajstić information content (AvgIpc) is 2.98. The second-order valence-corrected chi connectivity index (χ2v) is 4.77. The minimum Gasteiger partial charge on any atom is -0.478 e. The summed E-state index contributed by atoms with van der Waals surface area (Å²) in [6, 6.07) is 8.28. The number of benzene rings is 1. The fourth-order valence-electron chi connectivity index (χ4n) is 1.93. The predicted octanol–water partition coefficient (Wildman–Crippen LogP) is 1.28. The summed E-state index contributed by atoms with van der Waals surface area (Å²) < 4.78 is 1.76. The summed E-state index contributed by atoms with van der Waals surface area (Å²) in [4.78, 5) is 24.6. The van der Waals surface area contributed by atoms with Crippen LogP contribution in [0.1, 0.15) is 15.9 Å². The Morgan fingerprint density at radius 3 is 2.81 bits per heavy atom. The molecule has 110 valence electrons. The number of hydrogen-bond donors (Lipinski definition) is 1. The lowest BCUT2D eigenvalue weighted by Gasteiger charge is -2.17. The molecule has 1 aromatic carbocycles. The maximum absolute atomic E-state index is 12.1. The molecule has 0 aliphatic carbocycles. The van der Waals surface area contributed by atoms with Crippen LogP contribution in [0.4, 0.5) is 0 Å². The van der Waals surface area contributed by atoms with Gasteiger partial charge >= 0.3 is 5.97 Å². The first-order valence-electron chi connectivity index (χ1n) is 6.60. The van der Waals surface area contributed by atoms with Crippen molar-refractivity contribution in [3.8, 4) is 0 Å².